The number of rotatable bonds is 5. The van der Waals surface area contributed by atoms with Gasteiger partial charge in [-0.15, -0.1) is 0 Å². The van der Waals surface area contributed by atoms with Gasteiger partial charge in [0.1, 0.15) is 0 Å². The molecule has 2 fully saturated rings. The maximum atomic E-state index is 12.3. The van der Waals surface area contributed by atoms with Crippen LogP contribution in [0.5, 0.6) is 0 Å². The molecule has 1 amide bonds. The van der Waals surface area contributed by atoms with E-state index >= 15 is 0 Å². The number of piperidine rings is 1. The minimum atomic E-state index is -0.725. The van der Waals surface area contributed by atoms with Crippen LogP contribution in [0.4, 0.5) is 0 Å². The number of likely N-dealkylation sites (tertiary alicyclic amines) is 1. The Kier molecular flexibility index (Phi) is 6.03. The third-order valence-electron chi connectivity index (χ3n) is 4.90. The Balaban J connectivity index is 1.70. The minimum Gasteiger partial charge on any atom is -0.481 e. The lowest BCUT2D eigenvalue weighted by molar-refractivity contribution is -0.145. The summed E-state index contributed by atoms with van der Waals surface area (Å²) in [5.74, 6) is -0.100. The lowest BCUT2D eigenvalue weighted by Gasteiger charge is -2.32. The van der Waals surface area contributed by atoms with Crippen molar-refractivity contribution in [1.82, 2.24) is 9.80 Å². The second-order valence-electron chi connectivity index (χ2n) is 6.69. The minimum absolute atomic E-state index is 0.150. The number of carbonyl (C=O) groups is 2. The maximum Gasteiger partial charge on any atom is 0.306 e. The number of nitrogens with zero attached hydrogens (tertiary/aromatic N) is 2. The van der Waals surface area contributed by atoms with Crippen molar-refractivity contribution in [1.29, 1.82) is 0 Å². The van der Waals surface area contributed by atoms with E-state index in [0.717, 1.165) is 12.5 Å². The number of aliphatic carboxylic acids is 1. The zero-order valence-electron chi connectivity index (χ0n) is 13.1. The molecule has 1 saturated carbocycles. The van der Waals surface area contributed by atoms with Gasteiger partial charge in [-0.3, -0.25) is 14.5 Å². The molecule has 0 atom stereocenters. The number of amides is 1. The summed E-state index contributed by atoms with van der Waals surface area (Å²) in [6, 6.07) is 0. The Hall–Kier alpha value is -1.10. The van der Waals surface area contributed by atoms with Gasteiger partial charge in [0.2, 0.25) is 5.91 Å². The molecule has 0 aromatic carbocycles. The van der Waals surface area contributed by atoms with Gasteiger partial charge in [-0.05, 0) is 38.6 Å². The molecule has 0 radical (unpaired) electrons. The maximum absolute atomic E-state index is 12.3. The summed E-state index contributed by atoms with van der Waals surface area (Å²) in [6.45, 7) is 2.66. The summed E-state index contributed by atoms with van der Waals surface area (Å²) in [4.78, 5) is 27.2. The van der Waals surface area contributed by atoms with Gasteiger partial charge in [-0.25, -0.2) is 0 Å². The van der Waals surface area contributed by atoms with E-state index in [-0.39, 0.29) is 11.8 Å². The van der Waals surface area contributed by atoms with E-state index in [2.05, 4.69) is 4.90 Å². The average Bonchev–Trinajstić information content (AvgIpc) is 2.48. The van der Waals surface area contributed by atoms with Crippen LogP contribution < -0.4 is 0 Å². The summed E-state index contributed by atoms with van der Waals surface area (Å²) in [5.41, 5.74) is 0. The van der Waals surface area contributed by atoms with E-state index in [4.69, 9.17) is 5.11 Å². The highest BCUT2D eigenvalue weighted by molar-refractivity contribution is 5.78. The molecule has 0 spiro atoms. The summed E-state index contributed by atoms with van der Waals surface area (Å²) >= 11 is 0. The van der Waals surface area contributed by atoms with Crippen molar-refractivity contribution in [2.45, 2.75) is 44.9 Å². The summed E-state index contributed by atoms with van der Waals surface area (Å²) < 4.78 is 0. The van der Waals surface area contributed by atoms with Crippen LogP contribution in [0.25, 0.3) is 0 Å². The third kappa shape index (κ3) is 4.99. The quantitative estimate of drug-likeness (QED) is 0.840. The second kappa shape index (κ2) is 7.78. The zero-order valence-corrected chi connectivity index (χ0v) is 13.1. The summed E-state index contributed by atoms with van der Waals surface area (Å²) in [7, 11) is 2.02. The molecule has 2 rings (SSSR count). The van der Waals surface area contributed by atoms with Gasteiger partial charge in [0.25, 0.3) is 0 Å². The van der Waals surface area contributed by atoms with E-state index < -0.39 is 5.97 Å². The highest BCUT2D eigenvalue weighted by atomic mass is 16.4. The predicted octanol–water partition coefficient (Wildman–Crippen LogP) is 1.82. The molecule has 1 N–H and O–H groups in total. The zero-order chi connectivity index (χ0) is 15.2. The number of carboxylic acids is 1. The lowest BCUT2D eigenvalue weighted by Crippen LogP contribution is -2.45. The Morgan fingerprint density at radius 3 is 2.29 bits per heavy atom. The molecular formula is C16H28N2O3. The second-order valence-corrected chi connectivity index (χ2v) is 6.69. The first-order valence-electron chi connectivity index (χ1n) is 8.25. The first-order valence-corrected chi connectivity index (χ1v) is 8.25. The smallest absolute Gasteiger partial charge is 0.306 e. The van der Waals surface area contributed by atoms with Crippen LogP contribution in [0.15, 0.2) is 0 Å². The number of likely N-dealkylation sites (N-methyl/N-ethyl adjacent to an activating group) is 1. The predicted molar refractivity (Wildman–Crippen MR) is 81.0 cm³/mol. The van der Waals surface area contributed by atoms with E-state index in [0.29, 0.717) is 32.5 Å². The van der Waals surface area contributed by atoms with Gasteiger partial charge in [-0.2, -0.15) is 0 Å². The lowest BCUT2D eigenvalue weighted by atomic mass is 9.89. The molecule has 21 heavy (non-hydrogen) atoms. The van der Waals surface area contributed by atoms with Gasteiger partial charge >= 0.3 is 5.97 Å². The summed E-state index contributed by atoms with van der Waals surface area (Å²) in [5, 5.41) is 8.98. The molecule has 5 heteroatoms. The van der Waals surface area contributed by atoms with E-state index in [1.807, 2.05) is 11.9 Å². The van der Waals surface area contributed by atoms with Crippen LogP contribution in [0.3, 0.4) is 0 Å². The van der Waals surface area contributed by atoms with E-state index in [1.165, 1.54) is 32.1 Å². The highest BCUT2D eigenvalue weighted by Gasteiger charge is 2.27. The third-order valence-corrected chi connectivity index (χ3v) is 4.90. The number of hydrogen-bond donors (Lipinski definition) is 1. The number of hydrogen-bond acceptors (Lipinski definition) is 3. The van der Waals surface area contributed by atoms with Crippen LogP contribution in [-0.4, -0.2) is 60.0 Å². The van der Waals surface area contributed by atoms with Crippen molar-refractivity contribution in [3.05, 3.63) is 0 Å². The fourth-order valence-corrected chi connectivity index (χ4v) is 3.58. The topological polar surface area (TPSA) is 60.9 Å². The molecule has 5 nitrogen and oxygen atoms in total. The monoisotopic (exact) mass is 296 g/mol. The van der Waals surface area contributed by atoms with Gasteiger partial charge in [-0.1, -0.05) is 19.3 Å². The standard InChI is InChI=1S/C16H28N2O3/c1-17(11-13-5-3-2-4-6-13)12-15(19)18-9-7-14(8-10-18)16(20)21/h13-14H,2-12H2,1H3,(H,20,21). The molecule has 1 aliphatic carbocycles. The first-order chi connectivity index (χ1) is 10.1. The Labute approximate surface area is 127 Å². The molecule has 2 aliphatic rings. The fourth-order valence-electron chi connectivity index (χ4n) is 3.58. The Bertz CT molecular complexity index is 359. The normalized spacial score (nSPS) is 21.7. The van der Waals surface area contributed by atoms with E-state index in [9.17, 15) is 9.59 Å². The fraction of sp³-hybridized carbons (Fsp3) is 0.875. The molecule has 120 valence electrons. The molecule has 1 saturated heterocycles. The molecule has 0 aromatic heterocycles. The van der Waals surface area contributed by atoms with Crippen molar-refractivity contribution in [3.63, 3.8) is 0 Å². The van der Waals surface area contributed by atoms with Gasteiger partial charge in [0.05, 0.1) is 12.5 Å². The van der Waals surface area contributed by atoms with Crippen LogP contribution in [0, 0.1) is 11.8 Å². The van der Waals surface area contributed by atoms with Crippen LogP contribution in [0.2, 0.25) is 0 Å². The van der Waals surface area contributed by atoms with E-state index in [1.54, 1.807) is 0 Å². The average molecular weight is 296 g/mol. The van der Waals surface area contributed by atoms with Crippen LogP contribution in [-0.2, 0) is 9.59 Å². The Morgan fingerprint density at radius 2 is 1.71 bits per heavy atom. The van der Waals surface area contributed by atoms with Crippen molar-refractivity contribution < 1.29 is 14.7 Å². The molecule has 1 heterocycles. The molecule has 0 bridgehead atoms. The SMILES string of the molecule is CN(CC(=O)N1CCC(C(=O)O)CC1)CC1CCCCC1. The van der Waals surface area contributed by atoms with Gasteiger partial charge in [0.15, 0.2) is 0 Å². The van der Waals surface area contributed by atoms with Gasteiger partial charge in [0, 0.05) is 19.6 Å². The largest absolute Gasteiger partial charge is 0.481 e. The Morgan fingerprint density at radius 1 is 1.10 bits per heavy atom. The molecule has 1 aliphatic heterocycles. The highest BCUT2D eigenvalue weighted by Crippen LogP contribution is 2.24. The van der Waals surface area contributed by atoms with Crippen molar-refractivity contribution >= 4 is 11.9 Å². The number of carboxylic acid groups (broad SMARTS) is 1. The van der Waals surface area contributed by atoms with Gasteiger partial charge < -0.3 is 10.0 Å². The first kappa shape index (κ1) is 16.3. The van der Waals surface area contributed by atoms with Crippen LogP contribution >= 0.6 is 0 Å². The molecule has 0 aromatic rings. The number of carbonyl (C=O) groups excluding carboxylic acids is 1. The van der Waals surface area contributed by atoms with Crippen molar-refractivity contribution in [3.8, 4) is 0 Å². The molecular weight excluding hydrogens is 268 g/mol. The molecule has 0 unspecified atom stereocenters. The van der Waals surface area contributed by atoms with Crippen LogP contribution in [0.1, 0.15) is 44.9 Å². The summed E-state index contributed by atoms with van der Waals surface area (Å²) in [6.07, 6.45) is 7.79. The van der Waals surface area contributed by atoms with Crippen molar-refractivity contribution in [2.75, 3.05) is 33.2 Å². The van der Waals surface area contributed by atoms with Crippen molar-refractivity contribution in [2.24, 2.45) is 11.8 Å².